The highest BCUT2D eigenvalue weighted by molar-refractivity contribution is 5.90. The molecule has 1 unspecified atom stereocenters. The fourth-order valence-corrected chi connectivity index (χ4v) is 2.41. The van der Waals surface area contributed by atoms with Gasteiger partial charge in [-0.15, -0.1) is 5.10 Å². The zero-order valence-corrected chi connectivity index (χ0v) is 10.1. The van der Waals surface area contributed by atoms with Crippen LogP contribution in [0.25, 0.3) is 10.8 Å². The van der Waals surface area contributed by atoms with Crippen LogP contribution < -0.4 is 5.32 Å². The van der Waals surface area contributed by atoms with Crippen LogP contribution in [0.5, 0.6) is 0 Å². The minimum atomic E-state index is 0.490. The van der Waals surface area contributed by atoms with Gasteiger partial charge in [0.25, 0.3) is 0 Å². The Bertz CT molecular complexity index is 514. The average molecular weight is 227 g/mol. The Balaban J connectivity index is 1.89. The Morgan fingerprint density at radius 2 is 2.12 bits per heavy atom. The molecule has 17 heavy (non-hydrogen) atoms. The van der Waals surface area contributed by atoms with E-state index in [2.05, 4.69) is 34.6 Å². The molecule has 1 aliphatic carbocycles. The molecule has 2 aromatic rings. The van der Waals surface area contributed by atoms with Gasteiger partial charge in [-0.25, -0.2) is 0 Å². The van der Waals surface area contributed by atoms with Crippen LogP contribution in [0.3, 0.4) is 0 Å². The number of rotatable bonds is 3. The number of fused-ring (bicyclic) bond motifs is 1. The van der Waals surface area contributed by atoms with Crippen LogP contribution in [0.15, 0.2) is 30.5 Å². The van der Waals surface area contributed by atoms with Gasteiger partial charge in [-0.2, -0.15) is 5.10 Å². The van der Waals surface area contributed by atoms with Crippen LogP contribution in [-0.4, -0.2) is 16.2 Å². The molecule has 0 saturated heterocycles. The van der Waals surface area contributed by atoms with Crippen molar-refractivity contribution < 1.29 is 0 Å². The highest BCUT2D eigenvalue weighted by Gasteiger charge is 2.24. The molecular formula is C14H17N3. The second kappa shape index (κ2) is 4.32. The van der Waals surface area contributed by atoms with Gasteiger partial charge in [0.2, 0.25) is 0 Å². The fourth-order valence-electron chi connectivity index (χ4n) is 2.41. The second-order valence-corrected chi connectivity index (χ2v) is 4.90. The lowest BCUT2D eigenvalue weighted by Gasteiger charge is -2.32. The minimum absolute atomic E-state index is 0.490. The maximum absolute atomic E-state index is 4.23. The molecule has 0 radical (unpaired) electrons. The van der Waals surface area contributed by atoms with Gasteiger partial charge in [0.05, 0.1) is 6.20 Å². The van der Waals surface area contributed by atoms with Crippen LogP contribution in [0.4, 0.5) is 5.82 Å². The van der Waals surface area contributed by atoms with E-state index in [4.69, 9.17) is 0 Å². The summed E-state index contributed by atoms with van der Waals surface area (Å²) < 4.78 is 0. The van der Waals surface area contributed by atoms with E-state index in [1.165, 1.54) is 19.3 Å². The summed E-state index contributed by atoms with van der Waals surface area (Å²) in [5.41, 5.74) is 0. The van der Waals surface area contributed by atoms with Gasteiger partial charge in [0, 0.05) is 16.8 Å². The average Bonchev–Trinajstić information content (AvgIpc) is 2.27. The molecule has 1 saturated carbocycles. The highest BCUT2D eigenvalue weighted by atomic mass is 15.2. The number of nitrogens with one attached hydrogen (secondary N) is 1. The summed E-state index contributed by atoms with van der Waals surface area (Å²) in [6, 6.07) is 8.74. The Morgan fingerprint density at radius 3 is 2.88 bits per heavy atom. The maximum Gasteiger partial charge on any atom is 0.156 e. The van der Waals surface area contributed by atoms with Crippen molar-refractivity contribution in [3.05, 3.63) is 30.5 Å². The van der Waals surface area contributed by atoms with Gasteiger partial charge in [-0.1, -0.05) is 30.7 Å². The molecule has 1 aromatic carbocycles. The summed E-state index contributed by atoms with van der Waals surface area (Å²) in [4.78, 5) is 0. The van der Waals surface area contributed by atoms with Crippen LogP contribution in [0, 0.1) is 5.92 Å². The van der Waals surface area contributed by atoms with Crippen molar-refractivity contribution in [1.82, 2.24) is 10.2 Å². The van der Waals surface area contributed by atoms with Gasteiger partial charge < -0.3 is 5.32 Å². The lowest BCUT2D eigenvalue weighted by atomic mass is 9.80. The third-order valence-electron chi connectivity index (χ3n) is 3.79. The molecule has 0 aliphatic heterocycles. The monoisotopic (exact) mass is 227 g/mol. The topological polar surface area (TPSA) is 37.8 Å². The Kier molecular flexibility index (Phi) is 2.67. The Hall–Kier alpha value is -1.64. The summed E-state index contributed by atoms with van der Waals surface area (Å²) >= 11 is 0. The largest absolute Gasteiger partial charge is 0.365 e. The minimum Gasteiger partial charge on any atom is -0.365 e. The predicted octanol–water partition coefficient (Wildman–Crippen LogP) is 3.23. The molecule has 3 rings (SSSR count). The highest BCUT2D eigenvalue weighted by Crippen LogP contribution is 2.31. The molecule has 1 aliphatic rings. The lowest BCUT2D eigenvalue weighted by molar-refractivity contribution is 0.285. The van der Waals surface area contributed by atoms with Crippen LogP contribution in [-0.2, 0) is 0 Å². The molecule has 0 amide bonds. The summed E-state index contributed by atoms with van der Waals surface area (Å²) in [5.74, 6) is 1.72. The zero-order chi connectivity index (χ0) is 11.7. The van der Waals surface area contributed by atoms with Crippen molar-refractivity contribution in [3.8, 4) is 0 Å². The second-order valence-electron chi connectivity index (χ2n) is 4.90. The SMILES string of the molecule is CC(Nc1nncc2ccccc12)C1CCC1. The predicted molar refractivity (Wildman–Crippen MR) is 70.0 cm³/mol. The Morgan fingerprint density at radius 1 is 1.29 bits per heavy atom. The molecule has 1 N–H and O–H groups in total. The molecular weight excluding hydrogens is 210 g/mol. The van der Waals surface area contributed by atoms with E-state index in [1.54, 1.807) is 0 Å². The van der Waals surface area contributed by atoms with Crippen molar-refractivity contribution in [2.75, 3.05) is 5.32 Å². The third-order valence-corrected chi connectivity index (χ3v) is 3.79. The number of anilines is 1. The standard InChI is InChI=1S/C14H17N3/c1-10(11-6-4-7-11)16-14-13-8-3-2-5-12(13)9-15-17-14/h2-3,5,8-11H,4,6-7H2,1H3,(H,16,17). The summed E-state index contributed by atoms with van der Waals surface area (Å²) in [6.45, 7) is 2.24. The number of benzene rings is 1. The van der Waals surface area contributed by atoms with Gasteiger partial charge in [0.15, 0.2) is 5.82 Å². The number of hydrogen-bond acceptors (Lipinski definition) is 3. The first-order valence-electron chi connectivity index (χ1n) is 6.31. The molecule has 88 valence electrons. The molecule has 1 heterocycles. The van der Waals surface area contributed by atoms with E-state index in [1.807, 2.05) is 18.3 Å². The van der Waals surface area contributed by atoms with Crippen molar-refractivity contribution in [1.29, 1.82) is 0 Å². The first-order valence-corrected chi connectivity index (χ1v) is 6.31. The van der Waals surface area contributed by atoms with Crippen LogP contribution in [0.1, 0.15) is 26.2 Å². The van der Waals surface area contributed by atoms with Crippen molar-refractivity contribution in [2.45, 2.75) is 32.2 Å². The molecule has 1 aromatic heterocycles. The van der Waals surface area contributed by atoms with Gasteiger partial charge in [-0.05, 0) is 25.7 Å². The molecule has 1 fully saturated rings. The first kappa shape index (κ1) is 10.5. The van der Waals surface area contributed by atoms with Gasteiger partial charge in [0.1, 0.15) is 0 Å². The van der Waals surface area contributed by atoms with E-state index in [9.17, 15) is 0 Å². The van der Waals surface area contributed by atoms with Crippen LogP contribution in [0.2, 0.25) is 0 Å². The van der Waals surface area contributed by atoms with E-state index in [0.29, 0.717) is 6.04 Å². The van der Waals surface area contributed by atoms with Crippen molar-refractivity contribution in [2.24, 2.45) is 5.92 Å². The molecule has 1 atom stereocenters. The van der Waals surface area contributed by atoms with Crippen molar-refractivity contribution in [3.63, 3.8) is 0 Å². The number of aromatic nitrogens is 2. The first-order chi connectivity index (χ1) is 8.34. The third kappa shape index (κ3) is 1.97. The fraction of sp³-hybridized carbons (Fsp3) is 0.429. The summed E-state index contributed by atoms with van der Waals surface area (Å²) in [5, 5.41) is 14.1. The quantitative estimate of drug-likeness (QED) is 0.874. The number of hydrogen-bond donors (Lipinski definition) is 1. The molecule has 0 bridgehead atoms. The normalized spacial score (nSPS) is 17.7. The summed E-state index contributed by atoms with van der Waals surface area (Å²) in [7, 11) is 0. The van der Waals surface area contributed by atoms with E-state index < -0.39 is 0 Å². The molecule has 3 nitrogen and oxygen atoms in total. The smallest absolute Gasteiger partial charge is 0.156 e. The lowest BCUT2D eigenvalue weighted by Crippen LogP contribution is -2.31. The van der Waals surface area contributed by atoms with Gasteiger partial charge in [-0.3, -0.25) is 0 Å². The van der Waals surface area contributed by atoms with E-state index in [-0.39, 0.29) is 0 Å². The van der Waals surface area contributed by atoms with Crippen molar-refractivity contribution >= 4 is 16.6 Å². The summed E-state index contributed by atoms with van der Waals surface area (Å²) in [6.07, 6.45) is 5.87. The van der Waals surface area contributed by atoms with Gasteiger partial charge >= 0.3 is 0 Å². The zero-order valence-electron chi connectivity index (χ0n) is 10.1. The maximum atomic E-state index is 4.23. The number of nitrogens with zero attached hydrogens (tertiary/aromatic N) is 2. The molecule has 3 heteroatoms. The molecule has 0 spiro atoms. The van der Waals surface area contributed by atoms with E-state index in [0.717, 1.165) is 22.5 Å². The van der Waals surface area contributed by atoms with E-state index >= 15 is 0 Å². The van der Waals surface area contributed by atoms with Crippen LogP contribution >= 0.6 is 0 Å². The Labute approximate surface area is 101 Å².